The van der Waals surface area contributed by atoms with Crippen LogP contribution in [0.25, 0.3) is 0 Å². The van der Waals surface area contributed by atoms with Crippen molar-refractivity contribution in [2.45, 2.75) is 13.0 Å². The van der Waals surface area contributed by atoms with Crippen molar-refractivity contribution < 1.29 is 9.63 Å². The second kappa shape index (κ2) is 4.05. The van der Waals surface area contributed by atoms with Crippen LogP contribution in [-0.4, -0.2) is 28.9 Å². The number of aromatic nitrogens is 2. The van der Waals surface area contributed by atoms with E-state index in [9.17, 15) is 0 Å². The third kappa shape index (κ3) is 2.28. The van der Waals surface area contributed by atoms with Crippen molar-refractivity contribution in [3.05, 3.63) is 11.7 Å². The molecule has 0 unspecified atom stereocenters. The summed E-state index contributed by atoms with van der Waals surface area (Å²) in [6.07, 6.45) is 0.452. The van der Waals surface area contributed by atoms with Gasteiger partial charge in [0.1, 0.15) is 0 Å². The van der Waals surface area contributed by atoms with Crippen molar-refractivity contribution in [3.8, 4) is 0 Å². The number of aliphatic hydroxyl groups is 1. The van der Waals surface area contributed by atoms with Crippen LogP contribution in [0, 0.1) is 0 Å². The molecule has 0 aliphatic heterocycles. The Morgan fingerprint density at radius 3 is 3.09 bits per heavy atom. The highest BCUT2D eigenvalue weighted by molar-refractivity contribution is 4.85. The van der Waals surface area contributed by atoms with Gasteiger partial charge in [0.05, 0.1) is 13.2 Å². The van der Waals surface area contributed by atoms with E-state index in [4.69, 9.17) is 9.63 Å². The van der Waals surface area contributed by atoms with Crippen molar-refractivity contribution in [1.29, 1.82) is 0 Å². The van der Waals surface area contributed by atoms with Gasteiger partial charge in [0.15, 0.2) is 5.82 Å². The van der Waals surface area contributed by atoms with E-state index in [0.29, 0.717) is 24.7 Å². The van der Waals surface area contributed by atoms with Crippen LogP contribution in [-0.2, 0) is 13.0 Å². The molecule has 0 atom stereocenters. The van der Waals surface area contributed by atoms with Crippen LogP contribution in [0.4, 0.5) is 0 Å². The molecule has 0 amide bonds. The van der Waals surface area contributed by atoms with Gasteiger partial charge in [0.2, 0.25) is 5.89 Å². The van der Waals surface area contributed by atoms with E-state index in [-0.39, 0.29) is 6.61 Å². The van der Waals surface area contributed by atoms with Crippen LogP contribution in [0.3, 0.4) is 0 Å². The van der Waals surface area contributed by atoms with E-state index < -0.39 is 0 Å². The topological polar surface area (TPSA) is 71.2 Å². The fourth-order valence-corrected chi connectivity index (χ4v) is 0.715. The van der Waals surface area contributed by atoms with Gasteiger partial charge in [0, 0.05) is 6.42 Å². The summed E-state index contributed by atoms with van der Waals surface area (Å²) in [4.78, 5) is 3.99. The Bertz CT molecular complexity index is 191. The van der Waals surface area contributed by atoms with Gasteiger partial charge in [-0.15, -0.1) is 0 Å². The fraction of sp³-hybridized carbons (Fsp3) is 0.667. The maximum atomic E-state index is 8.52. The maximum Gasteiger partial charge on any atom is 0.240 e. The highest BCUT2D eigenvalue weighted by Gasteiger charge is 2.02. The zero-order valence-corrected chi connectivity index (χ0v) is 6.37. The molecule has 11 heavy (non-hydrogen) atoms. The summed E-state index contributed by atoms with van der Waals surface area (Å²) in [7, 11) is 1.80. The molecule has 62 valence electrons. The monoisotopic (exact) mass is 157 g/mol. The normalized spacial score (nSPS) is 10.4. The van der Waals surface area contributed by atoms with Gasteiger partial charge in [-0.2, -0.15) is 4.98 Å². The van der Waals surface area contributed by atoms with Gasteiger partial charge in [-0.05, 0) is 7.05 Å². The summed E-state index contributed by atoms with van der Waals surface area (Å²) in [6, 6.07) is 0. The molecule has 0 saturated heterocycles. The van der Waals surface area contributed by atoms with Crippen molar-refractivity contribution in [3.63, 3.8) is 0 Å². The van der Waals surface area contributed by atoms with E-state index in [2.05, 4.69) is 15.5 Å². The molecule has 0 aliphatic carbocycles. The third-order valence-electron chi connectivity index (χ3n) is 1.17. The Morgan fingerprint density at radius 1 is 1.64 bits per heavy atom. The van der Waals surface area contributed by atoms with Gasteiger partial charge < -0.3 is 14.9 Å². The average molecular weight is 157 g/mol. The zero-order valence-electron chi connectivity index (χ0n) is 6.37. The molecule has 1 heterocycles. The minimum atomic E-state index is 0.0541. The molecule has 1 aromatic heterocycles. The summed E-state index contributed by atoms with van der Waals surface area (Å²) in [6.45, 7) is 0.622. The van der Waals surface area contributed by atoms with Crippen molar-refractivity contribution >= 4 is 0 Å². The Kier molecular flexibility index (Phi) is 3.00. The van der Waals surface area contributed by atoms with Crippen molar-refractivity contribution in [1.82, 2.24) is 15.5 Å². The van der Waals surface area contributed by atoms with Gasteiger partial charge >= 0.3 is 0 Å². The van der Waals surface area contributed by atoms with Crippen LogP contribution in [0.15, 0.2) is 4.52 Å². The van der Waals surface area contributed by atoms with Crippen LogP contribution in [0.1, 0.15) is 11.7 Å². The summed E-state index contributed by atoms with van der Waals surface area (Å²) in [5.74, 6) is 1.11. The minimum Gasteiger partial charge on any atom is -0.396 e. The summed E-state index contributed by atoms with van der Waals surface area (Å²) in [5.41, 5.74) is 0. The molecule has 0 spiro atoms. The SMILES string of the molecule is CNCc1nc(CCO)no1. The third-order valence-corrected chi connectivity index (χ3v) is 1.17. The number of aliphatic hydroxyl groups excluding tert-OH is 1. The average Bonchev–Trinajstić information content (AvgIpc) is 2.38. The van der Waals surface area contributed by atoms with Gasteiger partial charge in [-0.1, -0.05) is 5.16 Å². The smallest absolute Gasteiger partial charge is 0.240 e. The number of nitrogens with one attached hydrogen (secondary N) is 1. The van der Waals surface area contributed by atoms with Crippen molar-refractivity contribution in [2.24, 2.45) is 0 Å². The second-order valence-corrected chi connectivity index (χ2v) is 2.11. The Balaban J connectivity index is 2.51. The Labute approximate surface area is 64.4 Å². The molecule has 5 heteroatoms. The van der Waals surface area contributed by atoms with E-state index in [1.807, 2.05) is 0 Å². The molecule has 1 aromatic rings. The summed E-state index contributed by atoms with van der Waals surface area (Å²) in [5, 5.41) is 15.0. The first-order valence-electron chi connectivity index (χ1n) is 3.43. The fourth-order valence-electron chi connectivity index (χ4n) is 0.715. The molecule has 0 fully saturated rings. The van der Waals surface area contributed by atoms with Crippen LogP contribution in [0.2, 0.25) is 0 Å². The molecule has 5 nitrogen and oxygen atoms in total. The quantitative estimate of drug-likeness (QED) is 0.606. The number of rotatable bonds is 4. The minimum absolute atomic E-state index is 0.0541. The lowest BCUT2D eigenvalue weighted by atomic mass is 10.4. The predicted molar refractivity (Wildman–Crippen MR) is 37.9 cm³/mol. The van der Waals surface area contributed by atoms with Crippen LogP contribution < -0.4 is 5.32 Å². The molecule has 0 aliphatic rings. The number of nitrogens with zero attached hydrogens (tertiary/aromatic N) is 2. The maximum absolute atomic E-state index is 8.52. The molecule has 0 radical (unpaired) electrons. The molecule has 0 aromatic carbocycles. The highest BCUT2D eigenvalue weighted by Crippen LogP contribution is 1.96. The first-order chi connectivity index (χ1) is 5.36. The van der Waals surface area contributed by atoms with Gasteiger partial charge in [-0.25, -0.2) is 0 Å². The number of hydrogen-bond donors (Lipinski definition) is 2. The van der Waals surface area contributed by atoms with E-state index in [0.717, 1.165) is 0 Å². The first kappa shape index (κ1) is 8.16. The first-order valence-corrected chi connectivity index (χ1v) is 3.43. The van der Waals surface area contributed by atoms with Crippen LogP contribution >= 0.6 is 0 Å². The molecule has 0 bridgehead atoms. The summed E-state index contributed by atoms with van der Waals surface area (Å²) < 4.78 is 4.82. The Hall–Kier alpha value is -0.940. The predicted octanol–water partition coefficient (Wildman–Crippen LogP) is -0.676. The Morgan fingerprint density at radius 2 is 2.45 bits per heavy atom. The van der Waals surface area contributed by atoms with E-state index in [1.54, 1.807) is 7.05 Å². The highest BCUT2D eigenvalue weighted by atomic mass is 16.5. The lowest BCUT2D eigenvalue weighted by Gasteiger charge is -1.86. The lowest BCUT2D eigenvalue weighted by Crippen LogP contribution is -2.05. The number of hydrogen-bond acceptors (Lipinski definition) is 5. The van der Waals surface area contributed by atoms with Crippen molar-refractivity contribution in [2.75, 3.05) is 13.7 Å². The second-order valence-electron chi connectivity index (χ2n) is 2.11. The largest absolute Gasteiger partial charge is 0.396 e. The molecular formula is C6H11N3O2. The standard InChI is InChI=1S/C6H11N3O2/c1-7-4-6-8-5(2-3-10)9-11-6/h7,10H,2-4H2,1H3. The zero-order chi connectivity index (χ0) is 8.10. The van der Waals surface area contributed by atoms with Gasteiger partial charge in [-0.3, -0.25) is 0 Å². The van der Waals surface area contributed by atoms with E-state index >= 15 is 0 Å². The van der Waals surface area contributed by atoms with Crippen LogP contribution in [0.5, 0.6) is 0 Å². The summed E-state index contributed by atoms with van der Waals surface area (Å²) >= 11 is 0. The molecule has 0 saturated carbocycles. The molecular weight excluding hydrogens is 146 g/mol. The lowest BCUT2D eigenvalue weighted by molar-refractivity contribution is 0.292. The molecule has 1 rings (SSSR count). The van der Waals surface area contributed by atoms with Gasteiger partial charge in [0.25, 0.3) is 0 Å². The van der Waals surface area contributed by atoms with E-state index in [1.165, 1.54) is 0 Å². The molecule has 2 N–H and O–H groups in total.